The predicted octanol–water partition coefficient (Wildman–Crippen LogP) is 6.51. The van der Waals surface area contributed by atoms with Crippen molar-refractivity contribution in [1.82, 2.24) is 0 Å². The number of rotatable bonds is 10. The number of halogens is 3. The third-order valence-corrected chi connectivity index (χ3v) is 9.20. The summed E-state index contributed by atoms with van der Waals surface area (Å²) in [5, 5.41) is 0. The van der Waals surface area contributed by atoms with E-state index in [1.807, 2.05) is 36.4 Å². The summed E-state index contributed by atoms with van der Waals surface area (Å²) < 4.78 is 80.6. The van der Waals surface area contributed by atoms with Gasteiger partial charge in [0.1, 0.15) is 6.79 Å². The van der Waals surface area contributed by atoms with Crippen LogP contribution in [0, 0.1) is 0 Å². The molecule has 1 saturated heterocycles. The maximum atomic E-state index is 14.8. The van der Waals surface area contributed by atoms with Gasteiger partial charge in [-0.3, -0.25) is 9.59 Å². The minimum Gasteiger partial charge on any atom is -0.374 e. The second-order valence-electron chi connectivity index (χ2n) is 11.4. The molecule has 2 aliphatic rings. The molecule has 1 fully saturated rings. The number of nitrogens with zero attached hydrogens (tertiary/aromatic N) is 2. The SMILES string of the molecule is O=C(C1=C(C(=O)N(Cc2ccccc2)c2ccccc2OS(=O)(=O)C(F)(F)F)C[C@H]2OCO[C@@H]2C1)N(Cc1ccccc1)c1ccccc1. The number of alkyl halides is 3. The molecule has 0 unspecified atom stereocenters. The molecule has 254 valence electrons. The third kappa shape index (κ3) is 7.53. The molecular weight excluding hydrogens is 661 g/mol. The smallest absolute Gasteiger partial charge is 0.374 e. The third-order valence-electron chi connectivity index (χ3n) is 8.23. The largest absolute Gasteiger partial charge is 0.534 e. The van der Waals surface area contributed by atoms with Gasteiger partial charge in [-0.25, -0.2) is 0 Å². The number of amides is 2. The molecule has 2 atom stereocenters. The first-order valence-corrected chi connectivity index (χ1v) is 16.7. The van der Waals surface area contributed by atoms with Gasteiger partial charge in [0.15, 0.2) is 5.75 Å². The fraction of sp³-hybridized carbons (Fsp3) is 0.222. The van der Waals surface area contributed by atoms with Gasteiger partial charge in [-0.05, 0) is 35.4 Å². The Hall–Kier alpha value is -4.98. The topological polar surface area (TPSA) is 102 Å². The van der Waals surface area contributed by atoms with Crippen molar-refractivity contribution in [3.05, 3.63) is 138 Å². The highest BCUT2D eigenvalue weighted by atomic mass is 32.2. The normalized spacial score (nSPS) is 17.7. The van der Waals surface area contributed by atoms with Crippen molar-refractivity contribution in [2.75, 3.05) is 16.6 Å². The second-order valence-corrected chi connectivity index (χ2v) is 13.0. The number of ether oxygens (including phenoxy) is 2. The molecule has 6 rings (SSSR count). The Morgan fingerprint density at radius 1 is 0.673 bits per heavy atom. The number of para-hydroxylation sites is 3. The Kier molecular flexibility index (Phi) is 9.86. The van der Waals surface area contributed by atoms with Crippen LogP contribution in [0.5, 0.6) is 5.75 Å². The highest BCUT2D eigenvalue weighted by molar-refractivity contribution is 7.88. The average molecular weight is 693 g/mol. The first kappa shape index (κ1) is 33.9. The zero-order chi connectivity index (χ0) is 34.6. The van der Waals surface area contributed by atoms with Crippen molar-refractivity contribution in [3.8, 4) is 5.75 Å². The summed E-state index contributed by atoms with van der Waals surface area (Å²) in [5.41, 5.74) is -3.73. The molecule has 49 heavy (non-hydrogen) atoms. The van der Waals surface area contributed by atoms with E-state index in [4.69, 9.17) is 9.47 Å². The zero-order valence-corrected chi connectivity index (χ0v) is 26.8. The zero-order valence-electron chi connectivity index (χ0n) is 26.0. The lowest BCUT2D eigenvalue weighted by Crippen LogP contribution is -2.42. The molecule has 13 heteroatoms. The van der Waals surface area contributed by atoms with Gasteiger partial charge in [-0.2, -0.15) is 21.6 Å². The van der Waals surface area contributed by atoms with Crippen LogP contribution in [-0.4, -0.2) is 44.7 Å². The van der Waals surface area contributed by atoms with Crippen molar-refractivity contribution in [2.24, 2.45) is 0 Å². The highest BCUT2D eigenvalue weighted by Gasteiger charge is 2.49. The number of hydrogen-bond acceptors (Lipinski definition) is 7. The van der Waals surface area contributed by atoms with Gasteiger partial charge in [-0.1, -0.05) is 91.0 Å². The van der Waals surface area contributed by atoms with E-state index in [0.29, 0.717) is 11.3 Å². The van der Waals surface area contributed by atoms with Crippen LogP contribution in [0.2, 0.25) is 0 Å². The molecule has 4 aromatic rings. The Labute approximate surface area is 281 Å². The fourth-order valence-corrected chi connectivity index (χ4v) is 6.29. The molecule has 0 N–H and O–H groups in total. The van der Waals surface area contributed by atoms with Gasteiger partial charge in [0.2, 0.25) is 0 Å². The van der Waals surface area contributed by atoms with Crippen molar-refractivity contribution in [2.45, 2.75) is 43.6 Å². The molecule has 1 heterocycles. The van der Waals surface area contributed by atoms with E-state index in [2.05, 4.69) is 4.18 Å². The number of fused-ring (bicyclic) bond motifs is 1. The molecule has 4 aromatic carbocycles. The summed E-state index contributed by atoms with van der Waals surface area (Å²) in [4.78, 5) is 32.2. The Balaban J connectivity index is 1.47. The van der Waals surface area contributed by atoms with Gasteiger partial charge in [0, 0.05) is 29.7 Å². The monoisotopic (exact) mass is 692 g/mol. The number of hydrogen-bond donors (Lipinski definition) is 0. The summed E-state index contributed by atoms with van der Waals surface area (Å²) in [6, 6.07) is 31.9. The maximum Gasteiger partial charge on any atom is 0.534 e. The van der Waals surface area contributed by atoms with Crippen molar-refractivity contribution in [3.63, 3.8) is 0 Å². The molecule has 0 spiro atoms. The average Bonchev–Trinajstić information content (AvgIpc) is 3.57. The van der Waals surface area contributed by atoms with Crippen LogP contribution in [0.25, 0.3) is 0 Å². The van der Waals surface area contributed by atoms with E-state index in [9.17, 15) is 31.2 Å². The van der Waals surface area contributed by atoms with E-state index in [1.54, 1.807) is 59.5 Å². The Morgan fingerprint density at radius 2 is 1.12 bits per heavy atom. The fourth-order valence-electron chi connectivity index (χ4n) is 5.82. The van der Waals surface area contributed by atoms with Gasteiger partial charge < -0.3 is 23.5 Å². The molecule has 0 radical (unpaired) electrons. The van der Waals surface area contributed by atoms with Gasteiger partial charge in [0.05, 0.1) is 31.0 Å². The van der Waals surface area contributed by atoms with Crippen LogP contribution in [0.3, 0.4) is 0 Å². The molecule has 0 saturated carbocycles. The van der Waals surface area contributed by atoms with E-state index in [1.165, 1.54) is 18.2 Å². The molecule has 9 nitrogen and oxygen atoms in total. The second kappa shape index (κ2) is 14.2. The lowest BCUT2D eigenvalue weighted by atomic mass is 9.85. The summed E-state index contributed by atoms with van der Waals surface area (Å²) >= 11 is 0. The first-order valence-electron chi connectivity index (χ1n) is 15.3. The van der Waals surface area contributed by atoms with Crippen molar-refractivity contribution >= 4 is 33.3 Å². The van der Waals surface area contributed by atoms with E-state index < -0.39 is 45.4 Å². The Bertz CT molecular complexity index is 1940. The summed E-state index contributed by atoms with van der Waals surface area (Å²) in [5.74, 6) is -1.90. The molecule has 0 bridgehead atoms. The number of carbonyl (C=O) groups is 2. The predicted molar refractivity (Wildman–Crippen MR) is 175 cm³/mol. The minimum atomic E-state index is -6.09. The number of benzene rings is 4. The lowest BCUT2D eigenvalue weighted by molar-refractivity contribution is -0.118. The Morgan fingerprint density at radius 3 is 1.65 bits per heavy atom. The maximum absolute atomic E-state index is 14.8. The van der Waals surface area contributed by atoms with Crippen molar-refractivity contribution < 1.29 is 44.8 Å². The summed E-state index contributed by atoms with van der Waals surface area (Å²) in [6.45, 7) is -0.0425. The van der Waals surface area contributed by atoms with Crippen LogP contribution in [0.1, 0.15) is 24.0 Å². The summed E-state index contributed by atoms with van der Waals surface area (Å²) in [6.07, 6.45) is -1.08. The molecule has 1 aliphatic carbocycles. The van der Waals surface area contributed by atoms with Gasteiger partial charge in [-0.15, -0.1) is 0 Å². The van der Waals surface area contributed by atoms with Gasteiger partial charge >= 0.3 is 15.6 Å². The standard InChI is InChI=1S/C36H31F3N2O7S/c37-36(38,39)49(44,45)48-31-19-11-10-18-30(31)41(23-26-14-6-2-7-15-26)35(43)29-21-33-32(46-24-47-33)20-28(29)34(42)40(27-16-8-3-9-17-27)22-25-12-4-1-5-13-25/h1-19,32-33H,20-24H2/t32-,33-/m1/s1. The van der Waals surface area contributed by atoms with Crippen LogP contribution >= 0.6 is 0 Å². The molecule has 2 amide bonds. The van der Waals surface area contributed by atoms with E-state index in [0.717, 1.165) is 16.5 Å². The highest BCUT2D eigenvalue weighted by Crippen LogP contribution is 2.39. The number of carbonyl (C=O) groups excluding carboxylic acids is 2. The molecule has 1 aliphatic heterocycles. The van der Waals surface area contributed by atoms with Crippen LogP contribution in [-0.2, 0) is 42.3 Å². The first-order chi connectivity index (χ1) is 23.5. The van der Waals surface area contributed by atoms with Gasteiger partial charge in [0.25, 0.3) is 11.8 Å². The van der Waals surface area contributed by atoms with Crippen molar-refractivity contribution in [1.29, 1.82) is 0 Å². The van der Waals surface area contributed by atoms with Crippen LogP contribution < -0.4 is 14.0 Å². The van der Waals surface area contributed by atoms with E-state index >= 15 is 0 Å². The van der Waals surface area contributed by atoms with E-state index in [-0.39, 0.29) is 49.6 Å². The quantitative estimate of drug-likeness (QED) is 0.138. The summed E-state index contributed by atoms with van der Waals surface area (Å²) in [7, 11) is -6.09. The molecular formula is C36H31F3N2O7S. The lowest BCUT2D eigenvalue weighted by Gasteiger charge is -2.33. The minimum absolute atomic E-state index is 0.0302. The van der Waals surface area contributed by atoms with Crippen LogP contribution in [0.4, 0.5) is 24.5 Å². The van der Waals surface area contributed by atoms with Crippen LogP contribution in [0.15, 0.2) is 126 Å². The number of anilines is 2. The molecule has 0 aromatic heterocycles.